The van der Waals surface area contributed by atoms with Crippen molar-refractivity contribution >= 4 is 41.0 Å². The first-order valence-corrected chi connectivity index (χ1v) is 8.95. The number of benzene rings is 2. The zero-order chi connectivity index (χ0) is 18.4. The molecule has 4 rings (SSSR count). The molecule has 2 aromatic carbocycles. The molecule has 0 spiro atoms. The van der Waals surface area contributed by atoms with Crippen molar-refractivity contribution in [3.05, 3.63) is 62.8 Å². The fourth-order valence-electron chi connectivity index (χ4n) is 2.77. The number of carbonyl (C=O) groups excluding carboxylic acids is 2. The Bertz CT molecular complexity index is 954. The van der Waals surface area contributed by atoms with Gasteiger partial charge in [0.2, 0.25) is 5.78 Å². The van der Waals surface area contributed by atoms with E-state index in [1.54, 1.807) is 37.3 Å². The van der Waals surface area contributed by atoms with Crippen molar-refractivity contribution in [1.82, 2.24) is 0 Å². The number of halogens is 2. The lowest BCUT2D eigenvalue weighted by atomic mass is 10.1. The van der Waals surface area contributed by atoms with Gasteiger partial charge in [-0.3, -0.25) is 9.59 Å². The third-order valence-corrected chi connectivity index (χ3v) is 5.09. The molecule has 1 saturated carbocycles. The number of hydrogen-bond acceptors (Lipinski definition) is 4. The Morgan fingerprint density at radius 2 is 1.88 bits per heavy atom. The molecule has 1 aliphatic heterocycles. The van der Waals surface area contributed by atoms with E-state index in [1.165, 1.54) is 6.08 Å². The summed E-state index contributed by atoms with van der Waals surface area (Å²) in [7, 11) is 0. The molecule has 4 nitrogen and oxygen atoms in total. The van der Waals surface area contributed by atoms with Crippen LogP contribution in [-0.4, -0.2) is 11.8 Å². The average molecular weight is 389 g/mol. The Morgan fingerprint density at radius 3 is 2.54 bits per heavy atom. The van der Waals surface area contributed by atoms with Gasteiger partial charge in [0.1, 0.15) is 11.5 Å². The number of carbonyl (C=O) groups is 2. The highest BCUT2D eigenvalue weighted by Crippen LogP contribution is 2.41. The SMILES string of the molecule is Cc1c(OC(=O)C2CC2)ccc2c1O/C(=C\c1c(Cl)cccc1Cl)C2=O. The largest absolute Gasteiger partial charge is 0.452 e. The van der Waals surface area contributed by atoms with Gasteiger partial charge >= 0.3 is 5.97 Å². The van der Waals surface area contributed by atoms with Crippen molar-refractivity contribution in [1.29, 1.82) is 0 Å². The van der Waals surface area contributed by atoms with Crippen LogP contribution in [0.25, 0.3) is 6.08 Å². The van der Waals surface area contributed by atoms with Crippen molar-refractivity contribution in [2.24, 2.45) is 5.92 Å². The molecule has 0 saturated heterocycles. The van der Waals surface area contributed by atoms with Crippen molar-refractivity contribution in [3.63, 3.8) is 0 Å². The van der Waals surface area contributed by atoms with Crippen LogP contribution in [-0.2, 0) is 4.79 Å². The van der Waals surface area contributed by atoms with Crippen LogP contribution >= 0.6 is 23.2 Å². The minimum Gasteiger partial charge on any atom is -0.452 e. The van der Waals surface area contributed by atoms with Gasteiger partial charge in [0, 0.05) is 21.2 Å². The van der Waals surface area contributed by atoms with Crippen molar-refractivity contribution in [2.75, 3.05) is 0 Å². The van der Waals surface area contributed by atoms with Crippen molar-refractivity contribution in [2.45, 2.75) is 19.8 Å². The Kier molecular flexibility index (Phi) is 4.25. The Balaban J connectivity index is 1.68. The van der Waals surface area contributed by atoms with Crippen LogP contribution in [0.3, 0.4) is 0 Å². The molecular weight excluding hydrogens is 375 g/mol. The van der Waals surface area contributed by atoms with E-state index in [0.29, 0.717) is 38.2 Å². The summed E-state index contributed by atoms with van der Waals surface area (Å²) in [6.45, 7) is 1.76. The zero-order valence-electron chi connectivity index (χ0n) is 13.8. The second-order valence-corrected chi connectivity index (χ2v) is 7.15. The zero-order valence-corrected chi connectivity index (χ0v) is 15.4. The van der Waals surface area contributed by atoms with Gasteiger partial charge in [-0.2, -0.15) is 0 Å². The molecule has 0 radical (unpaired) electrons. The number of esters is 1. The maximum absolute atomic E-state index is 12.6. The maximum Gasteiger partial charge on any atom is 0.314 e. The summed E-state index contributed by atoms with van der Waals surface area (Å²) in [5.41, 5.74) is 1.55. The number of fused-ring (bicyclic) bond motifs is 1. The highest BCUT2D eigenvalue weighted by Gasteiger charge is 2.34. The van der Waals surface area contributed by atoms with Gasteiger partial charge in [-0.15, -0.1) is 0 Å². The Hall–Kier alpha value is -2.30. The molecule has 1 aliphatic carbocycles. The predicted octanol–water partition coefficient (Wildman–Crippen LogP) is 5.23. The lowest BCUT2D eigenvalue weighted by molar-refractivity contribution is -0.135. The first-order valence-electron chi connectivity index (χ1n) is 8.19. The third kappa shape index (κ3) is 3.00. The molecule has 0 unspecified atom stereocenters. The lowest BCUT2D eigenvalue weighted by Gasteiger charge is -2.09. The normalized spacial score (nSPS) is 17.2. The van der Waals surface area contributed by atoms with E-state index >= 15 is 0 Å². The fourth-order valence-corrected chi connectivity index (χ4v) is 3.28. The smallest absolute Gasteiger partial charge is 0.314 e. The predicted molar refractivity (Wildman–Crippen MR) is 98.9 cm³/mol. The van der Waals surface area contributed by atoms with Crippen LogP contribution in [0, 0.1) is 12.8 Å². The molecule has 0 N–H and O–H groups in total. The van der Waals surface area contributed by atoms with E-state index in [2.05, 4.69) is 0 Å². The Labute approximate surface area is 160 Å². The van der Waals surface area contributed by atoms with Crippen LogP contribution in [0.15, 0.2) is 36.1 Å². The number of hydrogen-bond donors (Lipinski definition) is 0. The summed E-state index contributed by atoms with van der Waals surface area (Å²) in [6, 6.07) is 8.33. The quantitative estimate of drug-likeness (QED) is 0.410. The van der Waals surface area contributed by atoms with Gasteiger partial charge < -0.3 is 9.47 Å². The number of allylic oxidation sites excluding steroid dienone is 1. The molecule has 2 aliphatic rings. The molecule has 26 heavy (non-hydrogen) atoms. The molecular formula is C20H14Cl2O4. The van der Waals surface area contributed by atoms with Crippen LogP contribution in [0.4, 0.5) is 0 Å². The second kappa shape index (κ2) is 6.45. The van der Waals surface area contributed by atoms with Crippen LogP contribution in [0.5, 0.6) is 11.5 Å². The minimum atomic E-state index is -0.265. The monoisotopic (exact) mass is 388 g/mol. The van der Waals surface area contributed by atoms with Crippen molar-refractivity contribution < 1.29 is 19.1 Å². The average Bonchev–Trinajstić information content (AvgIpc) is 3.40. The highest BCUT2D eigenvalue weighted by atomic mass is 35.5. The maximum atomic E-state index is 12.6. The number of ether oxygens (including phenoxy) is 2. The van der Waals surface area contributed by atoms with Crippen LogP contribution in [0.1, 0.15) is 34.3 Å². The van der Waals surface area contributed by atoms with E-state index in [-0.39, 0.29) is 23.4 Å². The van der Waals surface area contributed by atoms with E-state index < -0.39 is 0 Å². The molecule has 1 fully saturated rings. The Morgan fingerprint density at radius 1 is 1.19 bits per heavy atom. The first-order chi connectivity index (χ1) is 12.5. The van der Waals surface area contributed by atoms with Gasteiger partial charge in [0.05, 0.1) is 11.5 Å². The number of rotatable bonds is 3. The summed E-state index contributed by atoms with van der Waals surface area (Å²) in [5, 5.41) is 0.848. The molecule has 2 aromatic rings. The van der Waals surface area contributed by atoms with Crippen molar-refractivity contribution in [3.8, 4) is 11.5 Å². The van der Waals surface area contributed by atoms with E-state index in [0.717, 1.165) is 12.8 Å². The van der Waals surface area contributed by atoms with E-state index in [4.69, 9.17) is 32.7 Å². The third-order valence-electron chi connectivity index (χ3n) is 4.43. The summed E-state index contributed by atoms with van der Waals surface area (Å²) < 4.78 is 11.2. The molecule has 0 aromatic heterocycles. The van der Waals surface area contributed by atoms with Gasteiger partial charge in [-0.25, -0.2) is 0 Å². The van der Waals surface area contributed by atoms with Crippen LogP contribution in [0.2, 0.25) is 10.0 Å². The lowest BCUT2D eigenvalue weighted by Crippen LogP contribution is -2.10. The summed E-state index contributed by atoms with van der Waals surface area (Å²) in [4.78, 5) is 24.5. The van der Waals surface area contributed by atoms with Gasteiger partial charge in [0.25, 0.3) is 0 Å². The topological polar surface area (TPSA) is 52.6 Å². The molecule has 0 bridgehead atoms. The van der Waals surface area contributed by atoms with E-state index in [9.17, 15) is 9.59 Å². The fraction of sp³-hybridized carbons (Fsp3) is 0.200. The number of Topliss-reactive ketones (excluding diaryl/α,β-unsaturated/α-hetero) is 1. The molecule has 6 heteroatoms. The molecule has 0 amide bonds. The molecule has 132 valence electrons. The summed E-state index contributed by atoms with van der Waals surface area (Å²) >= 11 is 12.3. The van der Waals surface area contributed by atoms with Gasteiger partial charge in [-0.1, -0.05) is 29.3 Å². The minimum absolute atomic E-state index is 0.0111. The molecule has 1 heterocycles. The summed E-state index contributed by atoms with van der Waals surface area (Å²) in [5.74, 6) is 0.415. The van der Waals surface area contributed by atoms with Gasteiger partial charge in [0.15, 0.2) is 5.76 Å². The first kappa shape index (κ1) is 17.1. The number of ketones is 1. The van der Waals surface area contributed by atoms with Crippen LogP contribution < -0.4 is 9.47 Å². The molecule has 0 atom stereocenters. The standard InChI is InChI=1S/C20H14Cl2O4/c1-10-16(26-20(24)11-5-6-11)8-7-12-18(23)17(25-19(10)12)9-13-14(21)3-2-4-15(13)22/h2-4,7-9,11H,5-6H2,1H3/b17-9-. The van der Waals surface area contributed by atoms with E-state index in [1.807, 2.05) is 0 Å². The van der Waals surface area contributed by atoms with Gasteiger partial charge in [-0.05, 0) is 50.1 Å². The summed E-state index contributed by atoms with van der Waals surface area (Å²) in [6.07, 6.45) is 3.26. The second-order valence-electron chi connectivity index (χ2n) is 6.34. The highest BCUT2D eigenvalue weighted by molar-refractivity contribution is 6.37.